The standard InChI is InChI=1S/C14H13ClN2O2/c1-10-6-7-12(8-13(10)15)16-9-11-4-2-3-5-14(11)17(18)19/h2-8,16H,9H2,1H3. The molecule has 0 radical (unpaired) electrons. The number of para-hydroxylation sites is 1. The van der Waals surface area contributed by atoms with Crippen LogP contribution in [0.3, 0.4) is 0 Å². The lowest BCUT2D eigenvalue weighted by Crippen LogP contribution is -2.03. The Hall–Kier alpha value is -2.07. The zero-order chi connectivity index (χ0) is 13.8. The molecule has 98 valence electrons. The third-order valence-corrected chi connectivity index (χ3v) is 3.25. The van der Waals surface area contributed by atoms with Crippen molar-refractivity contribution in [1.29, 1.82) is 0 Å². The molecule has 2 rings (SSSR count). The molecular formula is C14H13ClN2O2. The third-order valence-electron chi connectivity index (χ3n) is 2.84. The summed E-state index contributed by atoms with van der Waals surface area (Å²) in [5.41, 5.74) is 2.60. The third kappa shape index (κ3) is 3.23. The van der Waals surface area contributed by atoms with Crippen molar-refractivity contribution in [3.05, 3.63) is 68.7 Å². The van der Waals surface area contributed by atoms with E-state index in [1.807, 2.05) is 25.1 Å². The number of nitrogens with zero attached hydrogens (tertiary/aromatic N) is 1. The summed E-state index contributed by atoms with van der Waals surface area (Å²) in [6, 6.07) is 12.3. The highest BCUT2D eigenvalue weighted by Crippen LogP contribution is 2.22. The zero-order valence-corrected chi connectivity index (χ0v) is 11.1. The molecule has 0 aliphatic carbocycles. The lowest BCUT2D eigenvalue weighted by molar-refractivity contribution is -0.385. The van der Waals surface area contributed by atoms with E-state index in [9.17, 15) is 10.1 Å². The molecule has 0 saturated carbocycles. The molecule has 0 unspecified atom stereocenters. The maximum Gasteiger partial charge on any atom is 0.274 e. The van der Waals surface area contributed by atoms with Gasteiger partial charge in [-0.2, -0.15) is 0 Å². The Morgan fingerprint density at radius 1 is 1.26 bits per heavy atom. The predicted molar refractivity (Wildman–Crippen MR) is 76.6 cm³/mol. The minimum Gasteiger partial charge on any atom is -0.381 e. The second-order valence-electron chi connectivity index (χ2n) is 4.20. The lowest BCUT2D eigenvalue weighted by atomic mass is 10.1. The Kier molecular flexibility index (Phi) is 4.02. The molecule has 0 aliphatic heterocycles. The molecule has 0 fully saturated rings. The second kappa shape index (κ2) is 5.71. The van der Waals surface area contributed by atoms with Gasteiger partial charge in [-0.1, -0.05) is 35.9 Å². The van der Waals surface area contributed by atoms with Gasteiger partial charge in [-0.3, -0.25) is 10.1 Å². The van der Waals surface area contributed by atoms with Gasteiger partial charge in [0.05, 0.1) is 4.92 Å². The first-order chi connectivity index (χ1) is 9.08. The first-order valence-corrected chi connectivity index (χ1v) is 6.18. The Bertz CT molecular complexity index is 614. The lowest BCUT2D eigenvalue weighted by Gasteiger charge is -2.08. The van der Waals surface area contributed by atoms with Crippen LogP contribution < -0.4 is 5.32 Å². The van der Waals surface area contributed by atoms with Crippen LogP contribution in [-0.4, -0.2) is 4.92 Å². The van der Waals surface area contributed by atoms with Gasteiger partial charge < -0.3 is 5.32 Å². The summed E-state index contributed by atoms with van der Waals surface area (Å²) < 4.78 is 0. The Morgan fingerprint density at radius 2 is 2.00 bits per heavy atom. The highest BCUT2D eigenvalue weighted by molar-refractivity contribution is 6.31. The summed E-state index contributed by atoms with van der Waals surface area (Å²) in [6.07, 6.45) is 0. The first-order valence-electron chi connectivity index (χ1n) is 5.80. The van der Waals surface area contributed by atoms with Crippen molar-refractivity contribution >= 4 is 23.0 Å². The van der Waals surface area contributed by atoms with Gasteiger partial charge in [-0.15, -0.1) is 0 Å². The Balaban J connectivity index is 2.14. The van der Waals surface area contributed by atoms with E-state index < -0.39 is 0 Å². The molecular weight excluding hydrogens is 264 g/mol. The number of nitrogens with one attached hydrogen (secondary N) is 1. The van der Waals surface area contributed by atoms with Gasteiger partial charge in [-0.05, 0) is 24.6 Å². The summed E-state index contributed by atoms with van der Waals surface area (Å²) in [5.74, 6) is 0. The van der Waals surface area contributed by atoms with Crippen LogP contribution in [0.5, 0.6) is 0 Å². The molecule has 1 N–H and O–H groups in total. The fraction of sp³-hybridized carbons (Fsp3) is 0.143. The van der Waals surface area contributed by atoms with E-state index in [-0.39, 0.29) is 10.6 Å². The van der Waals surface area contributed by atoms with Crippen LogP contribution in [0.2, 0.25) is 5.02 Å². The minimum absolute atomic E-state index is 0.119. The predicted octanol–water partition coefficient (Wildman–Crippen LogP) is 4.17. The number of halogens is 1. The number of anilines is 1. The molecule has 2 aromatic rings. The van der Waals surface area contributed by atoms with E-state index in [0.717, 1.165) is 11.3 Å². The molecule has 5 heteroatoms. The van der Waals surface area contributed by atoms with Gasteiger partial charge in [0.15, 0.2) is 0 Å². The number of nitro benzene ring substituents is 1. The van der Waals surface area contributed by atoms with E-state index in [2.05, 4.69) is 5.32 Å². The molecule has 4 nitrogen and oxygen atoms in total. The Labute approximate surface area is 116 Å². The van der Waals surface area contributed by atoms with Crippen LogP contribution in [-0.2, 0) is 6.54 Å². The maximum absolute atomic E-state index is 10.9. The van der Waals surface area contributed by atoms with E-state index in [1.54, 1.807) is 18.2 Å². The van der Waals surface area contributed by atoms with Crippen molar-refractivity contribution in [2.75, 3.05) is 5.32 Å². The van der Waals surface area contributed by atoms with Gasteiger partial charge in [0.2, 0.25) is 0 Å². The fourth-order valence-corrected chi connectivity index (χ4v) is 1.92. The van der Waals surface area contributed by atoms with Crippen LogP contribution in [0.25, 0.3) is 0 Å². The number of hydrogen-bond acceptors (Lipinski definition) is 3. The van der Waals surface area contributed by atoms with Crippen molar-refractivity contribution < 1.29 is 4.92 Å². The molecule has 0 heterocycles. The summed E-state index contributed by atoms with van der Waals surface area (Å²) in [7, 11) is 0. The maximum atomic E-state index is 10.9. The number of rotatable bonds is 4. The smallest absolute Gasteiger partial charge is 0.274 e. The average Bonchev–Trinajstić information content (AvgIpc) is 2.40. The number of aryl methyl sites for hydroxylation is 1. The molecule has 0 bridgehead atoms. The van der Waals surface area contributed by atoms with Crippen LogP contribution >= 0.6 is 11.6 Å². The largest absolute Gasteiger partial charge is 0.381 e. The van der Waals surface area contributed by atoms with E-state index in [1.165, 1.54) is 6.07 Å². The summed E-state index contributed by atoms with van der Waals surface area (Å²) >= 11 is 6.03. The normalized spacial score (nSPS) is 10.2. The summed E-state index contributed by atoms with van der Waals surface area (Å²) in [4.78, 5) is 10.5. The Morgan fingerprint density at radius 3 is 2.68 bits per heavy atom. The van der Waals surface area contributed by atoms with Gasteiger partial charge in [0, 0.05) is 28.9 Å². The molecule has 0 amide bonds. The van der Waals surface area contributed by atoms with Crippen LogP contribution in [0.4, 0.5) is 11.4 Å². The molecule has 2 aromatic carbocycles. The van der Waals surface area contributed by atoms with E-state index in [0.29, 0.717) is 17.1 Å². The molecule has 0 atom stereocenters. The van der Waals surface area contributed by atoms with Gasteiger partial charge >= 0.3 is 0 Å². The number of nitro groups is 1. The monoisotopic (exact) mass is 276 g/mol. The number of hydrogen-bond donors (Lipinski definition) is 1. The quantitative estimate of drug-likeness (QED) is 0.673. The molecule has 0 aromatic heterocycles. The van der Waals surface area contributed by atoms with Gasteiger partial charge in [0.1, 0.15) is 0 Å². The number of benzene rings is 2. The van der Waals surface area contributed by atoms with E-state index in [4.69, 9.17) is 11.6 Å². The molecule has 0 saturated heterocycles. The highest BCUT2D eigenvalue weighted by atomic mass is 35.5. The average molecular weight is 277 g/mol. The fourth-order valence-electron chi connectivity index (χ4n) is 1.74. The van der Waals surface area contributed by atoms with Crippen LogP contribution in [0.15, 0.2) is 42.5 Å². The minimum atomic E-state index is -0.376. The summed E-state index contributed by atoms with van der Waals surface area (Å²) in [6.45, 7) is 2.31. The zero-order valence-electron chi connectivity index (χ0n) is 10.4. The van der Waals surface area contributed by atoms with Crippen molar-refractivity contribution in [2.24, 2.45) is 0 Å². The highest BCUT2D eigenvalue weighted by Gasteiger charge is 2.11. The molecule has 0 aliphatic rings. The van der Waals surface area contributed by atoms with Gasteiger partial charge in [-0.25, -0.2) is 0 Å². The molecule has 19 heavy (non-hydrogen) atoms. The second-order valence-corrected chi connectivity index (χ2v) is 4.61. The van der Waals surface area contributed by atoms with Crippen molar-refractivity contribution in [3.63, 3.8) is 0 Å². The SMILES string of the molecule is Cc1ccc(NCc2ccccc2[N+](=O)[O-])cc1Cl. The van der Waals surface area contributed by atoms with Crippen molar-refractivity contribution in [2.45, 2.75) is 13.5 Å². The van der Waals surface area contributed by atoms with Crippen LogP contribution in [0, 0.1) is 17.0 Å². The first kappa shape index (κ1) is 13.4. The summed E-state index contributed by atoms with van der Waals surface area (Å²) in [5, 5.41) is 14.7. The van der Waals surface area contributed by atoms with Crippen molar-refractivity contribution in [1.82, 2.24) is 0 Å². The van der Waals surface area contributed by atoms with Crippen LogP contribution in [0.1, 0.15) is 11.1 Å². The molecule has 0 spiro atoms. The van der Waals surface area contributed by atoms with E-state index >= 15 is 0 Å². The van der Waals surface area contributed by atoms with Crippen molar-refractivity contribution in [3.8, 4) is 0 Å². The van der Waals surface area contributed by atoms with Gasteiger partial charge in [0.25, 0.3) is 5.69 Å². The topological polar surface area (TPSA) is 55.2 Å².